The first kappa shape index (κ1) is 9.75. The summed E-state index contributed by atoms with van der Waals surface area (Å²) in [6.45, 7) is 9.77. The molecule has 0 aromatic carbocycles. The van der Waals surface area contributed by atoms with Crippen LogP contribution >= 0.6 is 0 Å². The van der Waals surface area contributed by atoms with Crippen LogP contribution in [0, 0.1) is 0 Å². The molecule has 2 nitrogen and oxygen atoms in total. The first-order chi connectivity index (χ1) is 5.57. The zero-order chi connectivity index (χ0) is 9.19. The smallest absolute Gasteiger partial charge is 0.166 e. The van der Waals surface area contributed by atoms with E-state index < -0.39 is 0 Å². The van der Waals surface area contributed by atoms with Crippen molar-refractivity contribution in [2.45, 2.75) is 51.6 Å². The highest BCUT2D eigenvalue weighted by molar-refractivity contribution is 4.81. The summed E-state index contributed by atoms with van der Waals surface area (Å²) in [5, 5.41) is 0. The summed E-state index contributed by atoms with van der Waals surface area (Å²) in [5.74, 6) is -0.382. The molecule has 70 valence electrons. The Kier molecular flexibility index (Phi) is 2.91. The van der Waals surface area contributed by atoms with Crippen molar-refractivity contribution in [3.05, 3.63) is 12.7 Å². The van der Waals surface area contributed by atoms with Gasteiger partial charge in [0.25, 0.3) is 0 Å². The molecule has 0 N–H and O–H groups in total. The summed E-state index contributed by atoms with van der Waals surface area (Å²) in [4.78, 5) is 0. The van der Waals surface area contributed by atoms with E-state index in [1.807, 2.05) is 26.8 Å². The van der Waals surface area contributed by atoms with E-state index in [4.69, 9.17) is 9.47 Å². The zero-order valence-corrected chi connectivity index (χ0v) is 8.17. The van der Waals surface area contributed by atoms with E-state index >= 15 is 0 Å². The molecule has 2 atom stereocenters. The molecule has 0 aromatic heterocycles. The number of hydrogen-bond acceptors (Lipinski definition) is 2. The van der Waals surface area contributed by atoms with Crippen molar-refractivity contribution in [1.82, 2.24) is 0 Å². The van der Waals surface area contributed by atoms with Gasteiger partial charge in [0.2, 0.25) is 0 Å². The van der Waals surface area contributed by atoms with Crippen molar-refractivity contribution in [2.75, 3.05) is 0 Å². The number of allylic oxidation sites excluding steroid dienone is 1. The molecule has 0 amide bonds. The molecule has 1 aliphatic rings. The van der Waals surface area contributed by atoms with Gasteiger partial charge in [0.05, 0.1) is 12.2 Å². The highest BCUT2D eigenvalue weighted by atomic mass is 16.7. The lowest BCUT2D eigenvalue weighted by Gasteiger charge is -2.22. The standard InChI is InChI=1S/C10H18O2/c1-5-6-7-10(4)11-8(2)9(3)12-10/h5,8-9H,1,6-7H2,2-4H3/t8-,9-/m1/s1. The van der Waals surface area contributed by atoms with Crippen molar-refractivity contribution in [3.63, 3.8) is 0 Å². The first-order valence-corrected chi connectivity index (χ1v) is 4.54. The Balaban J connectivity index is 2.45. The first-order valence-electron chi connectivity index (χ1n) is 4.54. The van der Waals surface area contributed by atoms with Crippen LogP contribution in [0.2, 0.25) is 0 Å². The summed E-state index contributed by atoms with van der Waals surface area (Å²) in [5.41, 5.74) is 0. The Morgan fingerprint density at radius 1 is 1.33 bits per heavy atom. The van der Waals surface area contributed by atoms with Gasteiger partial charge in [-0.15, -0.1) is 6.58 Å². The lowest BCUT2D eigenvalue weighted by Crippen LogP contribution is -2.26. The molecule has 0 bridgehead atoms. The Morgan fingerprint density at radius 3 is 2.25 bits per heavy atom. The van der Waals surface area contributed by atoms with Crippen molar-refractivity contribution in [3.8, 4) is 0 Å². The van der Waals surface area contributed by atoms with Crippen molar-refractivity contribution < 1.29 is 9.47 Å². The molecule has 0 spiro atoms. The third-order valence-electron chi connectivity index (χ3n) is 2.33. The topological polar surface area (TPSA) is 18.5 Å². The Labute approximate surface area is 74.6 Å². The maximum atomic E-state index is 5.69. The maximum absolute atomic E-state index is 5.69. The summed E-state index contributed by atoms with van der Waals surface area (Å²) < 4.78 is 11.4. The average molecular weight is 170 g/mol. The van der Waals surface area contributed by atoms with Crippen LogP contribution in [-0.4, -0.2) is 18.0 Å². The SMILES string of the molecule is C=CCCC1(C)O[C@H](C)[C@@H](C)O1. The van der Waals surface area contributed by atoms with E-state index in [0.717, 1.165) is 12.8 Å². The lowest BCUT2D eigenvalue weighted by molar-refractivity contribution is -0.162. The van der Waals surface area contributed by atoms with Gasteiger partial charge >= 0.3 is 0 Å². The Hall–Kier alpha value is -0.340. The van der Waals surface area contributed by atoms with E-state index in [0.29, 0.717) is 0 Å². The fourth-order valence-corrected chi connectivity index (χ4v) is 1.49. The third kappa shape index (κ3) is 2.08. The van der Waals surface area contributed by atoms with Crippen LogP contribution in [0.1, 0.15) is 33.6 Å². The van der Waals surface area contributed by atoms with Gasteiger partial charge in [-0.2, -0.15) is 0 Å². The molecule has 0 unspecified atom stereocenters. The van der Waals surface area contributed by atoms with Gasteiger partial charge in [0.1, 0.15) is 0 Å². The predicted octanol–water partition coefficient (Wildman–Crippen LogP) is 2.49. The quantitative estimate of drug-likeness (QED) is 0.606. The van der Waals surface area contributed by atoms with E-state index in [1.54, 1.807) is 0 Å². The van der Waals surface area contributed by atoms with E-state index in [2.05, 4.69) is 6.58 Å². The second-order valence-corrected chi connectivity index (χ2v) is 3.61. The monoisotopic (exact) mass is 170 g/mol. The Bertz CT molecular complexity index is 155. The second-order valence-electron chi connectivity index (χ2n) is 3.61. The molecule has 0 saturated carbocycles. The summed E-state index contributed by atoms with van der Waals surface area (Å²) in [7, 11) is 0. The molecule has 1 heterocycles. The van der Waals surface area contributed by atoms with E-state index in [9.17, 15) is 0 Å². The molecule has 0 radical (unpaired) electrons. The third-order valence-corrected chi connectivity index (χ3v) is 2.33. The molecule has 2 heteroatoms. The van der Waals surface area contributed by atoms with Crippen LogP contribution in [0.4, 0.5) is 0 Å². The zero-order valence-electron chi connectivity index (χ0n) is 8.17. The molecule has 0 aliphatic carbocycles. The van der Waals surface area contributed by atoms with Crippen LogP contribution in [0.25, 0.3) is 0 Å². The minimum atomic E-state index is -0.382. The molecular weight excluding hydrogens is 152 g/mol. The van der Waals surface area contributed by atoms with Gasteiger partial charge in [-0.1, -0.05) is 6.08 Å². The van der Waals surface area contributed by atoms with Crippen LogP contribution in [-0.2, 0) is 9.47 Å². The largest absolute Gasteiger partial charge is 0.345 e. The van der Waals surface area contributed by atoms with Gasteiger partial charge in [-0.05, 0) is 27.2 Å². The molecule has 1 rings (SSSR count). The highest BCUT2D eigenvalue weighted by Crippen LogP contribution is 2.31. The Morgan fingerprint density at radius 2 is 1.83 bits per heavy atom. The van der Waals surface area contributed by atoms with Crippen molar-refractivity contribution in [2.24, 2.45) is 0 Å². The van der Waals surface area contributed by atoms with Crippen LogP contribution in [0.15, 0.2) is 12.7 Å². The van der Waals surface area contributed by atoms with E-state index in [1.165, 1.54) is 0 Å². The second kappa shape index (κ2) is 3.58. The van der Waals surface area contributed by atoms with Crippen molar-refractivity contribution >= 4 is 0 Å². The minimum absolute atomic E-state index is 0.208. The lowest BCUT2D eigenvalue weighted by atomic mass is 10.2. The van der Waals surface area contributed by atoms with Gasteiger partial charge in [-0.25, -0.2) is 0 Å². The number of ether oxygens (including phenoxy) is 2. The van der Waals surface area contributed by atoms with E-state index in [-0.39, 0.29) is 18.0 Å². The van der Waals surface area contributed by atoms with Gasteiger partial charge < -0.3 is 9.47 Å². The normalized spacial score (nSPS) is 33.6. The van der Waals surface area contributed by atoms with Gasteiger partial charge in [0.15, 0.2) is 5.79 Å². The average Bonchev–Trinajstić information content (AvgIpc) is 2.24. The highest BCUT2D eigenvalue weighted by Gasteiger charge is 2.38. The summed E-state index contributed by atoms with van der Waals surface area (Å²) in [6.07, 6.45) is 4.15. The fourth-order valence-electron chi connectivity index (χ4n) is 1.49. The summed E-state index contributed by atoms with van der Waals surface area (Å²) >= 11 is 0. The predicted molar refractivity (Wildman–Crippen MR) is 48.9 cm³/mol. The molecule has 12 heavy (non-hydrogen) atoms. The van der Waals surface area contributed by atoms with Crippen molar-refractivity contribution in [1.29, 1.82) is 0 Å². The van der Waals surface area contributed by atoms with Crippen LogP contribution in [0.5, 0.6) is 0 Å². The number of rotatable bonds is 3. The van der Waals surface area contributed by atoms with Crippen LogP contribution < -0.4 is 0 Å². The number of hydrogen-bond donors (Lipinski definition) is 0. The van der Waals surface area contributed by atoms with Gasteiger partial charge in [-0.3, -0.25) is 0 Å². The molecule has 1 fully saturated rings. The molecule has 1 saturated heterocycles. The summed E-state index contributed by atoms with van der Waals surface area (Å²) in [6, 6.07) is 0. The maximum Gasteiger partial charge on any atom is 0.166 e. The minimum Gasteiger partial charge on any atom is -0.345 e. The molecule has 1 aliphatic heterocycles. The van der Waals surface area contributed by atoms with Gasteiger partial charge in [0, 0.05) is 6.42 Å². The molecule has 0 aromatic rings. The fraction of sp³-hybridized carbons (Fsp3) is 0.800. The molecular formula is C10H18O2. The van der Waals surface area contributed by atoms with Crippen LogP contribution in [0.3, 0.4) is 0 Å².